The summed E-state index contributed by atoms with van der Waals surface area (Å²) in [5.41, 5.74) is 6.85. The predicted octanol–water partition coefficient (Wildman–Crippen LogP) is 3.98. The van der Waals surface area contributed by atoms with Gasteiger partial charge in [0.1, 0.15) is 5.75 Å². The number of ether oxygens (including phenoxy) is 1. The van der Waals surface area contributed by atoms with Crippen LogP contribution in [-0.4, -0.2) is 24.4 Å². The summed E-state index contributed by atoms with van der Waals surface area (Å²) in [5.74, 6) is 0.666. The van der Waals surface area contributed by atoms with Crippen molar-refractivity contribution < 1.29 is 9.84 Å². The molecule has 3 atom stereocenters. The second-order valence-electron chi connectivity index (χ2n) is 5.17. The molecule has 0 radical (unpaired) electrons. The van der Waals surface area contributed by atoms with Crippen LogP contribution in [0.2, 0.25) is 10.0 Å². The summed E-state index contributed by atoms with van der Waals surface area (Å²) in [4.78, 5) is 0. The number of benzene rings is 1. The normalized spacial score (nSPS) is 15.8. The van der Waals surface area contributed by atoms with Crippen molar-refractivity contribution in [3.8, 4) is 5.75 Å². The summed E-state index contributed by atoms with van der Waals surface area (Å²) in [6.45, 7) is 4.06. The molecule has 0 heterocycles. The quantitative estimate of drug-likeness (QED) is 0.799. The predicted molar refractivity (Wildman–Crippen MR) is 84.9 cm³/mol. The molecular weight excluding hydrogens is 297 g/mol. The Kier molecular flexibility index (Phi) is 7.10. The lowest BCUT2D eigenvalue weighted by molar-refractivity contribution is 0.124. The highest BCUT2D eigenvalue weighted by Crippen LogP contribution is 2.38. The summed E-state index contributed by atoms with van der Waals surface area (Å²) in [6, 6.07) is 3.27. The maximum Gasteiger partial charge on any atom is 0.141 e. The fourth-order valence-corrected chi connectivity index (χ4v) is 2.94. The summed E-state index contributed by atoms with van der Waals surface area (Å²) in [5, 5.41) is 11.2. The molecule has 0 aromatic heterocycles. The van der Waals surface area contributed by atoms with E-state index in [1.165, 1.54) is 0 Å². The van der Waals surface area contributed by atoms with E-state index in [0.29, 0.717) is 22.2 Å². The number of halogens is 2. The second-order valence-corrected chi connectivity index (χ2v) is 6.01. The highest BCUT2D eigenvalue weighted by molar-refractivity contribution is 6.35. The number of methoxy groups -OCH3 is 1. The van der Waals surface area contributed by atoms with Gasteiger partial charge in [-0.3, -0.25) is 0 Å². The van der Waals surface area contributed by atoms with E-state index >= 15 is 0 Å². The van der Waals surface area contributed by atoms with Gasteiger partial charge in [-0.25, -0.2) is 0 Å². The number of hydrogen-bond acceptors (Lipinski definition) is 3. The van der Waals surface area contributed by atoms with Gasteiger partial charge in [-0.15, -0.1) is 0 Å². The average molecular weight is 320 g/mol. The lowest BCUT2D eigenvalue weighted by Crippen LogP contribution is -2.35. The van der Waals surface area contributed by atoms with Crippen LogP contribution in [0.5, 0.6) is 5.75 Å². The van der Waals surface area contributed by atoms with Gasteiger partial charge in [0.2, 0.25) is 0 Å². The molecule has 3 unspecified atom stereocenters. The molecule has 3 N–H and O–H groups in total. The van der Waals surface area contributed by atoms with Crippen LogP contribution in [0.1, 0.15) is 44.6 Å². The standard InChI is InChI=1S/C15H23Cl2NO2/c1-4-5-13(18)14(19)6-9(2)11-7-10(16)8-12(17)15(11)20-3/h7-9,13-14,19H,4-6,18H2,1-3H3. The first-order valence-corrected chi connectivity index (χ1v) is 7.62. The molecular formula is C15H23Cl2NO2. The molecule has 0 aliphatic heterocycles. The molecule has 1 aromatic carbocycles. The number of hydrogen-bond donors (Lipinski definition) is 2. The minimum atomic E-state index is -0.549. The largest absolute Gasteiger partial charge is 0.495 e. The Morgan fingerprint density at radius 2 is 2.00 bits per heavy atom. The van der Waals surface area contributed by atoms with Crippen LogP contribution >= 0.6 is 23.2 Å². The smallest absolute Gasteiger partial charge is 0.141 e. The summed E-state index contributed by atoms with van der Waals surface area (Å²) in [6.07, 6.45) is 1.77. The zero-order valence-corrected chi connectivity index (χ0v) is 13.7. The Bertz CT molecular complexity index is 440. The van der Waals surface area contributed by atoms with E-state index in [4.69, 9.17) is 33.7 Å². The third-order valence-corrected chi connectivity index (χ3v) is 3.98. The van der Waals surface area contributed by atoms with Crippen molar-refractivity contribution in [2.75, 3.05) is 7.11 Å². The molecule has 0 saturated carbocycles. The molecule has 3 nitrogen and oxygen atoms in total. The zero-order chi connectivity index (χ0) is 15.3. The van der Waals surface area contributed by atoms with Crippen molar-refractivity contribution in [2.24, 2.45) is 5.73 Å². The number of rotatable bonds is 7. The van der Waals surface area contributed by atoms with E-state index in [0.717, 1.165) is 18.4 Å². The van der Waals surface area contributed by atoms with E-state index in [1.807, 2.05) is 13.0 Å². The molecule has 0 fully saturated rings. The molecule has 20 heavy (non-hydrogen) atoms. The Hall–Kier alpha value is -0.480. The molecule has 0 bridgehead atoms. The van der Waals surface area contributed by atoms with E-state index < -0.39 is 6.10 Å². The van der Waals surface area contributed by atoms with Crippen LogP contribution in [0.4, 0.5) is 0 Å². The third kappa shape index (κ3) is 4.52. The first-order valence-electron chi connectivity index (χ1n) is 6.87. The highest BCUT2D eigenvalue weighted by Gasteiger charge is 2.21. The summed E-state index contributed by atoms with van der Waals surface area (Å²) >= 11 is 12.2. The number of nitrogens with two attached hydrogens (primary N) is 1. The summed E-state index contributed by atoms with van der Waals surface area (Å²) < 4.78 is 5.34. The molecule has 0 spiro atoms. The third-order valence-electron chi connectivity index (χ3n) is 3.48. The van der Waals surface area contributed by atoms with Crippen LogP contribution in [-0.2, 0) is 0 Å². The number of aliphatic hydroxyl groups excluding tert-OH is 1. The first kappa shape index (κ1) is 17.6. The molecule has 0 amide bonds. The van der Waals surface area contributed by atoms with E-state index in [1.54, 1.807) is 13.2 Å². The average Bonchev–Trinajstić information content (AvgIpc) is 2.37. The van der Waals surface area contributed by atoms with Crippen LogP contribution in [0, 0.1) is 0 Å². The maximum atomic E-state index is 10.2. The fourth-order valence-electron chi connectivity index (χ4n) is 2.35. The topological polar surface area (TPSA) is 55.5 Å². The SMILES string of the molecule is CCCC(N)C(O)CC(C)c1cc(Cl)cc(Cl)c1OC. The van der Waals surface area contributed by atoms with Crippen molar-refractivity contribution in [1.82, 2.24) is 0 Å². The monoisotopic (exact) mass is 319 g/mol. The molecule has 1 rings (SSSR count). The van der Waals surface area contributed by atoms with Crippen molar-refractivity contribution in [1.29, 1.82) is 0 Å². The van der Waals surface area contributed by atoms with E-state index in [-0.39, 0.29) is 12.0 Å². The highest BCUT2D eigenvalue weighted by atomic mass is 35.5. The van der Waals surface area contributed by atoms with Gasteiger partial charge in [0.15, 0.2) is 0 Å². The van der Waals surface area contributed by atoms with E-state index in [2.05, 4.69) is 6.92 Å². The van der Waals surface area contributed by atoms with E-state index in [9.17, 15) is 5.11 Å². The lowest BCUT2D eigenvalue weighted by atomic mass is 9.90. The van der Waals surface area contributed by atoms with Crippen molar-refractivity contribution >= 4 is 23.2 Å². The Morgan fingerprint density at radius 1 is 1.35 bits per heavy atom. The molecule has 0 aliphatic carbocycles. The maximum absolute atomic E-state index is 10.2. The van der Waals surface area contributed by atoms with Gasteiger partial charge >= 0.3 is 0 Å². The van der Waals surface area contributed by atoms with Gasteiger partial charge in [-0.2, -0.15) is 0 Å². The van der Waals surface area contributed by atoms with Gasteiger partial charge in [0.25, 0.3) is 0 Å². The Balaban J connectivity index is 2.89. The van der Waals surface area contributed by atoms with Gasteiger partial charge < -0.3 is 15.6 Å². The van der Waals surface area contributed by atoms with Gasteiger partial charge in [0.05, 0.1) is 18.2 Å². The Labute approximate surface area is 131 Å². The minimum absolute atomic E-state index is 0.0547. The second kappa shape index (κ2) is 8.08. The van der Waals surface area contributed by atoms with Crippen molar-refractivity contribution in [3.63, 3.8) is 0 Å². The van der Waals surface area contributed by atoms with Gasteiger partial charge in [-0.1, -0.05) is 43.5 Å². The Morgan fingerprint density at radius 3 is 2.55 bits per heavy atom. The molecule has 5 heteroatoms. The minimum Gasteiger partial charge on any atom is -0.495 e. The van der Waals surface area contributed by atoms with Gasteiger partial charge in [0, 0.05) is 16.6 Å². The van der Waals surface area contributed by atoms with Gasteiger partial charge in [-0.05, 0) is 30.9 Å². The van der Waals surface area contributed by atoms with Crippen LogP contribution in [0.15, 0.2) is 12.1 Å². The number of aliphatic hydroxyl groups is 1. The first-order chi connectivity index (χ1) is 9.40. The van der Waals surface area contributed by atoms with Crippen LogP contribution in [0.25, 0.3) is 0 Å². The molecule has 1 aromatic rings. The van der Waals surface area contributed by atoms with Crippen molar-refractivity contribution in [2.45, 2.75) is 51.2 Å². The lowest BCUT2D eigenvalue weighted by Gasteiger charge is -2.23. The summed E-state index contributed by atoms with van der Waals surface area (Å²) in [7, 11) is 1.57. The van der Waals surface area contributed by atoms with Crippen molar-refractivity contribution in [3.05, 3.63) is 27.7 Å². The van der Waals surface area contributed by atoms with Crippen LogP contribution in [0.3, 0.4) is 0 Å². The molecule has 114 valence electrons. The van der Waals surface area contributed by atoms with Crippen LogP contribution < -0.4 is 10.5 Å². The molecule has 0 saturated heterocycles. The fraction of sp³-hybridized carbons (Fsp3) is 0.600. The molecule has 0 aliphatic rings. The zero-order valence-electron chi connectivity index (χ0n) is 12.2.